The highest BCUT2D eigenvalue weighted by molar-refractivity contribution is 7.13. The van der Waals surface area contributed by atoms with Gasteiger partial charge in [-0.25, -0.2) is 10.8 Å². The Morgan fingerprint density at radius 1 is 1.60 bits per heavy atom. The van der Waals surface area contributed by atoms with Gasteiger partial charge in [-0.05, 0) is 31.7 Å². The predicted molar refractivity (Wildman–Crippen MR) is 81.4 cm³/mol. The molecule has 1 unspecified atom stereocenters. The maximum Gasteiger partial charge on any atom is 0.277 e. The Balaban J connectivity index is 2.09. The van der Waals surface area contributed by atoms with Crippen molar-refractivity contribution in [1.82, 2.24) is 15.3 Å². The monoisotopic (exact) mass is 296 g/mol. The van der Waals surface area contributed by atoms with Crippen molar-refractivity contribution >= 4 is 17.2 Å². The van der Waals surface area contributed by atoms with E-state index in [4.69, 9.17) is 5.84 Å². The fourth-order valence-corrected chi connectivity index (χ4v) is 3.79. The number of carbonyl (C=O) groups excluding carboxylic acids is 1. The summed E-state index contributed by atoms with van der Waals surface area (Å²) in [4.78, 5) is 19.5. The number of likely N-dealkylation sites (tertiary alicyclic amines) is 1. The zero-order valence-corrected chi connectivity index (χ0v) is 13.1. The Labute approximate surface area is 124 Å². The van der Waals surface area contributed by atoms with Crippen molar-refractivity contribution in [3.05, 3.63) is 15.6 Å². The van der Waals surface area contributed by atoms with Gasteiger partial charge in [-0.2, -0.15) is 0 Å². The fourth-order valence-electron chi connectivity index (χ4n) is 2.74. The maximum absolute atomic E-state index is 11.8. The molecule has 1 atom stereocenters. The lowest BCUT2D eigenvalue weighted by Crippen LogP contribution is -2.33. The van der Waals surface area contributed by atoms with Gasteiger partial charge in [0, 0.05) is 6.54 Å². The standard InChI is InChI=1S/C14H24N4OS/c1-3-5-11-13(14(19)17-15)20-12(16-11)9-18-7-4-6-10(2)8-18/h10H,3-9,15H2,1-2H3,(H,17,19). The molecular formula is C14H24N4OS. The molecule has 1 amide bonds. The van der Waals surface area contributed by atoms with E-state index in [0.29, 0.717) is 4.88 Å². The van der Waals surface area contributed by atoms with Crippen LogP contribution in [0.4, 0.5) is 0 Å². The number of nitrogens with one attached hydrogen (secondary N) is 1. The SMILES string of the molecule is CCCc1nc(CN2CCCC(C)C2)sc1C(=O)NN. The van der Waals surface area contributed by atoms with E-state index in [2.05, 4.69) is 29.2 Å². The van der Waals surface area contributed by atoms with Crippen LogP contribution in [-0.4, -0.2) is 28.9 Å². The van der Waals surface area contributed by atoms with E-state index < -0.39 is 0 Å². The van der Waals surface area contributed by atoms with E-state index in [-0.39, 0.29) is 5.91 Å². The Morgan fingerprint density at radius 3 is 3.05 bits per heavy atom. The molecule has 0 aliphatic carbocycles. The second-order valence-electron chi connectivity index (χ2n) is 5.59. The molecule has 1 aliphatic heterocycles. The largest absolute Gasteiger partial charge is 0.296 e. The highest BCUT2D eigenvalue weighted by atomic mass is 32.1. The Bertz CT molecular complexity index is 460. The van der Waals surface area contributed by atoms with Gasteiger partial charge >= 0.3 is 0 Å². The van der Waals surface area contributed by atoms with Gasteiger partial charge < -0.3 is 0 Å². The zero-order valence-electron chi connectivity index (χ0n) is 12.3. The van der Waals surface area contributed by atoms with Crippen LogP contribution in [-0.2, 0) is 13.0 Å². The Kier molecular flexibility index (Phi) is 5.51. The molecule has 6 heteroatoms. The first-order valence-corrected chi connectivity index (χ1v) is 8.17. The summed E-state index contributed by atoms with van der Waals surface area (Å²) in [6, 6.07) is 0. The second-order valence-corrected chi connectivity index (χ2v) is 6.67. The van der Waals surface area contributed by atoms with Crippen molar-refractivity contribution < 1.29 is 4.79 Å². The summed E-state index contributed by atoms with van der Waals surface area (Å²) in [6.07, 6.45) is 4.38. The van der Waals surface area contributed by atoms with Gasteiger partial charge in [0.1, 0.15) is 9.88 Å². The molecule has 1 saturated heterocycles. The number of amides is 1. The minimum absolute atomic E-state index is 0.218. The van der Waals surface area contributed by atoms with E-state index in [1.165, 1.54) is 24.2 Å². The number of hydrogen-bond acceptors (Lipinski definition) is 5. The molecule has 0 bridgehead atoms. The molecule has 1 aromatic rings. The molecule has 2 rings (SSSR count). The molecule has 20 heavy (non-hydrogen) atoms. The van der Waals surface area contributed by atoms with Crippen molar-refractivity contribution in [1.29, 1.82) is 0 Å². The van der Waals surface area contributed by atoms with Crippen LogP contribution in [0, 0.1) is 5.92 Å². The van der Waals surface area contributed by atoms with E-state index >= 15 is 0 Å². The molecule has 1 fully saturated rings. The number of carbonyl (C=O) groups is 1. The van der Waals surface area contributed by atoms with Crippen molar-refractivity contribution in [3.63, 3.8) is 0 Å². The topological polar surface area (TPSA) is 71.2 Å². The summed E-state index contributed by atoms with van der Waals surface area (Å²) in [5.74, 6) is 5.79. The third-order valence-electron chi connectivity index (χ3n) is 3.67. The lowest BCUT2D eigenvalue weighted by Gasteiger charge is -2.29. The molecule has 1 aliphatic rings. The van der Waals surface area contributed by atoms with Crippen molar-refractivity contribution in [3.8, 4) is 0 Å². The number of aryl methyl sites for hydroxylation is 1. The molecule has 0 saturated carbocycles. The van der Waals surface area contributed by atoms with Crippen LogP contribution in [0.1, 0.15) is 53.5 Å². The first-order chi connectivity index (χ1) is 9.63. The summed E-state index contributed by atoms with van der Waals surface area (Å²) < 4.78 is 0. The smallest absolute Gasteiger partial charge is 0.277 e. The average Bonchev–Trinajstić information content (AvgIpc) is 2.81. The lowest BCUT2D eigenvalue weighted by atomic mass is 10.0. The number of nitrogen functional groups attached to an aromatic ring is 1. The Morgan fingerprint density at radius 2 is 2.40 bits per heavy atom. The third kappa shape index (κ3) is 3.77. The van der Waals surface area contributed by atoms with Crippen molar-refractivity contribution in [2.45, 2.75) is 46.1 Å². The number of nitrogens with two attached hydrogens (primary N) is 1. The van der Waals surface area contributed by atoms with Crippen LogP contribution in [0.15, 0.2) is 0 Å². The minimum Gasteiger partial charge on any atom is -0.296 e. The third-order valence-corrected chi connectivity index (χ3v) is 4.75. The summed E-state index contributed by atoms with van der Waals surface area (Å²) >= 11 is 1.48. The number of hydrazine groups is 1. The van der Waals surface area contributed by atoms with Gasteiger partial charge in [-0.15, -0.1) is 11.3 Å². The van der Waals surface area contributed by atoms with E-state index in [1.807, 2.05) is 0 Å². The molecule has 1 aromatic heterocycles. The summed E-state index contributed by atoms with van der Waals surface area (Å²) in [5.41, 5.74) is 3.11. The van der Waals surface area contributed by atoms with Crippen LogP contribution < -0.4 is 11.3 Å². The number of piperidine rings is 1. The van der Waals surface area contributed by atoms with E-state index in [9.17, 15) is 4.79 Å². The van der Waals surface area contributed by atoms with E-state index in [1.54, 1.807) is 0 Å². The highest BCUT2D eigenvalue weighted by Crippen LogP contribution is 2.23. The van der Waals surface area contributed by atoms with Gasteiger partial charge in [-0.1, -0.05) is 20.3 Å². The van der Waals surface area contributed by atoms with Crippen LogP contribution in [0.2, 0.25) is 0 Å². The maximum atomic E-state index is 11.8. The molecule has 0 spiro atoms. The van der Waals surface area contributed by atoms with Gasteiger partial charge in [0.2, 0.25) is 0 Å². The number of thiazole rings is 1. The first kappa shape index (κ1) is 15.4. The quantitative estimate of drug-likeness (QED) is 0.495. The fraction of sp³-hybridized carbons (Fsp3) is 0.714. The van der Waals surface area contributed by atoms with E-state index in [0.717, 1.165) is 49.1 Å². The molecule has 5 nitrogen and oxygen atoms in total. The molecule has 0 radical (unpaired) electrons. The van der Waals surface area contributed by atoms with Crippen LogP contribution in [0.3, 0.4) is 0 Å². The van der Waals surface area contributed by atoms with Gasteiger partial charge in [0.05, 0.1) is 12.2 Å². The van der Waals surface area contributed by atoms with Crippen molar-refractivity contribution in [2.75, 3.05) is 13.1 Å². The minimum atomic E-state index is -0.218. The molecule has 3 N–H and O–H groups in total. The lowest BCUT2D eigenvalue weighted by molar-refractivity contribution is 0.0956. The summed E-state index contributed by atoms with van der Waals surface area (Å²) in [5, 5.41) is 1.03. The van der Waals surface area contributed by atoms with Gasteiger partial charge in [0.25, 0.3) is 5.91 Å². The predicted octanol–water partition coefficient (Wildman–Crippen LogP) is 1.93. The molecule has 112 valence electrons. The highest BCUT2D eigenvalue weighted by Gasteiger charge is 2.21. The van der Waals surface area contributed by atoms with Crippen LogP contribution in [0.25, 0.3) is 0 Å². The number of nitrogens with zero attached hydrogens (tertiary/aromatic N) is 2. The molecular weight excluding hydrogens is 272 g/mol. The zero-order chi connectivity index (χ0) is 14.5. The summed E-state index contributed by atoms with van der Waals surface area (Å²) in [6.45, 7) is 7.50. The molecule has 2 heterocycles. The van der Waals surface area contributed by atoms with Crippen molar-refractivity contribution in [2.24, 2.45) is 11.8 Å². The number of aromatic nitrogens is 1. The second kappa shape index (κ2) is 7.15. The van der Waals surface area contributed by atoms with Gasteiger partial charge in [0.15, 0.2) is 0 Å². The normalized spacial score (nSPS) is 20.1. The summed E-state index contributed by atoms with van der Waals surface area (Å²) in [7, 11) is 0. The number of rotatable bonds is 5. The average molecular weight is 296 g/mol. The van der Waals surface area contributed by atoms with Crippen LogP contribution >= 0.6 is 11.3 Å². The van der Waals surface area contributed by atoms with Crippen LogP contribution in [0.5, 0.6) is 0 Å². The molecule has 0 aromatic carbocycles. The van der Waals surface area contributed by atoms with Gasteiger partial charge in [-0.3, -0.25) is 15.1 Å². The Hall–Kier alpha value is -0.980. The first-order valence-electron chi connectivity index (χ1n) is 7.36. The number of hydrogen-bond donors (Lipinski definition) is 2.